The molecule has 0 radical (unpaired) electrons. The van der Waals surface area contributed by atoms with Crippen LogP contribution in [-0.2, 0) is 16.1 Å². The smallest absolute Gasteiger partial charge is 0.343 e. The van der Waals surface area contributed by atoms with Crippen molar-refractivity contribution in [2.75, 3.05) is 13.7 Å². The normalized spacial score (nSPS) is 13.2. The first-order valence-electron chi connectivity index (χ1n) is 8.42. The van der Waals surface area contributed by atoms with Gasteiger partial charge in [-0.15, -0.1) is 0 Å². The van der Waals surface area contributed by atoms with Crippen LogP contribution >= 0.6 is 0 Å². The molecule has 136 valence electrons. The van der Waals surface area contributed by atoms with Gasteiger partial charge in [0.25, 0.3) is 5.91 Å². The van der Waals surface area contributed by atoms with E-state index in [1.807, 2.05) is 0 Å². The van der Waals surface area contributed by atoms with Gasteiger partial charge in [0.05, 0.1) is 7.11 Å². The summed E-state index contributed by atoms with van der Waals surface area (Å²) in [4.78, 5) is 25.9. The van der Waals surface area contributed by atoms with Crippen LogP contribution in [0.1, 0.15) is 28.8 Å². The van der Waals surface area contributed by atoms with Gasteiger partial charge in [-0.1, -0.05) is 18.2 Å². The molecule has 1 saturated carbocycles. The van der Waals surface area contributed by atoms with E-state index >= 15 is 0 Å². The topological polar surface area (TPSA) is 55.8 Å². The molecule has 2 aromatic rings. The van der Waals surface area contributed by atoms with E-state index in [2.05, 4.69) is 4.74 Å². The Balaban J connectivity index is 1.72. The number of hydrogen-bond acceptors (Lipinski definition) is 4. The van der Waals surface area contributed by atoms with Crippen molar-refractivity contribution in [2.24, 2.45) is 0 Å². The molecule has 0 spiro atoms. The molecule has 0 atom stereocenters. The van der Waals surface area contributed by atoms with Crippen LogP contribution in [0.25, 0.3) is 0 Å². The van der Waals surface area contributed by atoms with Crippen molar-refractivity contribution in [3.63, 3.8) is 0 Å². The Morgan fingerprint density at radius 2 is 1.88 bits per heavy atom. The van der Waals surface area contributed by atoms with Crippen LogP contribution in [0.4, 0.5) is 4.39 Å². The van der Waals surface area contributed by atoms with E-state index < -0.39 is 5.97 Å². The number of nitrogens with zero attached hydrogens (tertiary/aromatic N) is 1. The fraction of sp³-hybridized carbons (Fsp3) is 0.300. The van der Waals surface area contributed by atoms with E-state index in [0.717, 1.165) is 18.4 Å². The van der Waals surface area contributed by atoms with Gasteiger partial charge in [0.2, 0.25) is 0 Å². The van der Waals surface area contributed by atoms with Crippen LogP contribution in [-0.4, -0.2) is 36.5 Å². The van der Waals surface area contributed by atoms with Crippen molar-refractivity contribution >= 4 is 11.9 Å². The highest BCUT2D eigenvalue weighted by Gasteiger charge is 2.33. The van der Waals surface area contributed by atoms with E-state index in [1.165, 1.54) is 19.2 Å². The Hall–Kier alpha value is -2.89. The number of halogens is 1. The standard InChI is InChI=1S/C20H20FNO4/c1-25-19(23)13-26-18-4-2-3-15(11-18)20(24)22(17-9-10-17)12-14-5-7-16(21)8-6-14/h2-8,11,17H,9-10,12-13H2,1H3. The number of methoxy groups -OCH3 is 1. The predicted octanol–water partition coefficient (Wildman–Crippen LogP) is 3.18. The van der Waals surface area contributed by atoms with Crippen molar-refractivity contribution in [3.05, 3.63) is 65.5 Å². The van der Waals surface area contributed by atoms with E-state index in [1.54, 1.807) is 41.3 Å². The van der Waals surface area contributed by atoms with Gasteiger partial charge in [-0.3, -0.25) is 4.79 Å². The summed E-state index contributed by atoms with van der Waals surface area (Å²) < 4.78 is 23.0. The third kappa shape index (κ3) is 4.59. The third-order valence-electron chi connectivity index (χ3n) is 4.18. The maximum atomic E-state index is 13.1. The predicted molar refractivity (Wildman–Crippen MR) is 93.2 cm³/mol. The first-order chi connectivity index (χ1) is 12.6. The molecule has 0 heterocycles. The van der Waals surface area contributed by atoms with Gasteiger partial charge in [0.15, 0.2) is 6.61 Å². The van der Waals surface area contributed by atoms with E-state index in [4.69, 9.17) is 4.74 Å². The average molecular weight is 357 g/mol. The van der Waals surface area contributed by atoms with Gasteiger partial charge >= 0.3 is 5.97 Å². The monoisotopic (exact) mass is 357 g/mol. The third-order valence-corrected chi connectivity index (χ3v) is 4.18. The molecule has 0 N–H and O–H groups in total. The van der Waals surface area contributed by atoms with Crippen LogP contribution < -0.4 is 4.74 Å². The van der Waals surface area contributed by atoms with E-state index in [-0.39, 0.29) is 24.4 Å². The summed E-state index contributed by atoms with van der Waals surface area (Å²) in [5, 5.41) is 0. The Kier molecular flexibility index (Phi) is 5.51. The zero-order valence-electron chi connectivity index (χ0n) is 14.5. The van der Waals surface area contributed by atoms with Crippen LogP contribution in [0.5, 0.6) is 5.75 Å². The average Bonchev–Trinajstić information content (AvgIpc) is 3.50. The largest absolute Gasteiger partial charge is 0.482 e. The van der Waals surface area contributed by atoms with E-state index in [0.29, 0.717) is 17.9 Å². The minimum Gasteiger partial charge on any atom is -0.482 e. The molecule has 1 aliphatic rings. The maximum Gasteiger partial charge on any atom is 0.343 e. The summed E-state index contributed by atoms with van der Waals surface area (Å²) in [5.41, 5.74) is 1.37. The van der Waals surface area contributed by atoms with Crippen molar-refractivity contribution < 1.29 is 23.5 Å². The number of amides is 1. The minimum atomic E-state index is -0.488. The van der Waals surface area contributed by atoms with Gasteiger partial charge in [-0.2, -0.15) is 0 Å². The number of carbonyl (C=O) groups excluding carboxylic acids is 2. The van der Waals surface area contributed by atoms with Gasteiger partial charge in [-0.25, -0.2) is 9.18 Å². The highest BCUT2D eigenvalue weighted by molar-refractivity contribution is 5.95. The Bertz CT molecular complexity index is 787. The molecule has 1 amide bonds. The number of esters is 1. The van der Waals surface area contributed by atoms with Crippen LogP contribution in [0, 0.1) is 5.82 Å². The summed E-state index contributed by atoms with van der Waals surface area (Å²) in [6.07, 6.45) is 1.93. The van der Waals surface area contributed by atoms with Crippen LogP contribution in [0.15, 0.2) is 48.5 Å². The SMILES string of the molecule is COC(=O)COc1cccc(C(=O)N(Cc2ccc(F)cc2)C2CC2)c1. The lowest BCUT2D eigenvalue weighted by molar-refractivity contribution is -0.142. The van der Waals surface area contributed by atoms with Crippen LogP contribution in [0.3, 0.4) is 0 Å². The molecule has 2 aromatic carbocycles. The summed E-state index contributed by atoms with van der Waals surface area (Å²) in [6.45, 7) is 0.215. The number of rotatable bonds is 7. The lowest BCUT2D eigenvalue weighted by Gasteiger charge is -2.23. The van der Waals surface area contributed by atoms with Gasteiger partial charge < -0.3 is 14.4 Å². The minimum absolute atomic E-state index is 0.111. The molecule has 0 aromatic heterocycles. The molecular weight excluding hydrogens is 337 g/mol. The molecule has 1 aliphatic carbocycles. The maximum absolute atomic E-state index is 13.1. The highest BCUT2D eigenvalue weighted by atomic mass is 19.1. The quantitative estimate of drug-likeness (QED) is 0.714. The fourth-order valence-electron chi connectivity index (χ4n) is 2.63. The molecule has 0 bridgehead atoms. The fourth-order valence-corrected chi connectivity index (χ4v) is 2.63. The number of benzene rings is 2. The number of hydrogen-bond donors (Lipinski definition) is 0. The zero-order chi connectivity index (χ0) is 18.5. The highest BCUT2D eigenvalue weighted by Crippen LogP contribution is 2.30. The lowest BCUT2D eigenvalue weighted by atomic mass is 10.1. The number of carbonyl (C=O) groups is 2. The molecule has 1 fully saturated rings. The summed E-state index contributed by atoms with van der Waals surface area (Å²) >= 11 is 0. The molecule has 6 heteroatoms. The van der Waals surface area contributed by atoms with Crippen molar-refractivity contribution in [1.29, 1.82) is 0 Å². The lowest BCUT2D eigenvalue weighted by Crippen LogP contribution is -2.32. The zero-order valence-corrected chi connectivity index (χ0v) is 14.5. The van der Waals surface area contributed by atoms with Crippen molar-refractivity contribution in [1.82, 2.24) is 4.90 Å². The summed E-state index contributed by atoms with van der Waals surface area (Å²) in [5.74, 6) is -0.467. The molecule has 26 heavy (non-hydrogen) atoms. The molecule has 0 aliphatic heterocycles. The molecule has 5 nitrogen and oxygen atoms in total. The summed E-state index contributed by atoms with van der Waals surface area (Å²) in [6, 6.07) is 13.1. The second-order valence-electron chi connectivity index (χ2n) is 6.18. The first kappa shape index (κ1) is 17.9. The molecular formula is C20H20FNO4. The first-order valence-corrected chi connectivity index (χ1v) is 8.42. The van der Waals surface area contributed by atoms with Crippen molar-refractivity contribution in [2.45, 2.75) is 25.4 Å². The second kappa shape index (κ2) is 7.99. The Morgan fingerprint density at radius 1 is 1.15 bits per heavy atom. The van der Waals surface area contributed by atoms with Gasteiger partial charge in [0.1, 0.15) is 11.6 Å². The van der Waals surface area contributed by atoms with Gasteiger partial charge in [0, 0.05) is 18.2 Å². The summed E-state index contributed by atoms with van der Waals surface area (Å²) in [7, 11) is 1.29. The van der Waals surface area contributed by atoms with Gasteiger partial charge in [-0.05, 0) is 48.7 Å². The Labute approximate surface area is 151 Å². The van der Waals surface area contributed by atoms with Crippen molar-refractivity contribution in [3.8, 4) is 5.75 Å². The molecule has 0 saturated heterocycles. The molecule has 0 unspecified atom stereocenters. The van der Waals surface area contributed by atoms with E-state index in [9.17, 15) is 14.0 Å². The second-order valence-corrected chi connectivity index (χ2v) is 6.18. The molecule has 3 rings (SSSR count). The Morgan fingerprint density at radius 3 is 2.54 bits per heavy atom. The van der Waals surface area contributed by atoms with Crippen LogP contribution in [0.2, 0.25) is 0 Å². The number of ether oxygens (including phenoxy) is 2.